The van der Waals surface area contributed by atoms with Crippen LogP contribution in [-0.4, -0.2) is 13.0 Å². The monoisotopic (exact) mass is 220 g/mol. The molecule has 0 unspecified atom stereocenters. The lowest BCUT2D eigenvalue weighted by molar-refractivity contribution is 0.200. The summed E-state index contributed by atoms with van der Waals surface area (Å²) in [5.74, 6) is -0.492. The summed E-state index contributed by atoms with van der Waals surface area (Å²) in [4.78, 5) is 0. The van der Waals surface area contributed by atoms with Gasteiger partial charge in [-0.3, -0.25) is 4.55 Å². The van der Waals surface area contributed by atoms with Crippen molar-refractivity contribution in [2.24, 2.45) is 0 Å². The summed E-state index contributed by atoms with van der Waals surface area (Å²) >= 11 is 0. The molecular formula is C8H9FO4S. The average molecular weight is 220 g/mol. The summed E-state index contributed by atoms with van der Waals surface area (Å²) in [6.07, 6.45) is -0.916. The molecule has 0 saturated heterocycles. The zero-order valence-electron chi connectivity index (χ0n) is 7.34. The Balaban J connectivity index is 2.85. The normalized spacial score (nSPS) is 13.9. The molecule has 0 heterocycles. The molecule has 1 aromatic carbocycles. The zero-order chi connectivity index (χ0) is 10.8. The summed E-state index contributed by atoms with van der Waals surface area (Å²) < 4.78 is 46.0. The zero-order valence-corrected chi connectivity index (χ0v) is 8.16. The van der Waals surface area contributed by atoms with Crippen LogP contribution in [0.15, 0.2) is 24.3 Å². The third-order valence-electron chi connectivity index (χ3n) is 1.58. The minimum Gasteiger partial charge on any atom is -0.264 e. The Morgan fingerprint density at radius 1 is 1.50 bits per heavy atom. The van der Waals surface area contributed by atoms with E-state index in [4.69, 9.17) is 4.55 Å². The highest BCUT2D eigenvalue weighted by atomic mass is 32.3. The maximum atomic E-state index is 12.7. The van der Waals surface area contributed by atoms with Crippen LogP contribution in [0.2, 0.25) is 0 Å². The first-order valence-corrected chi connectivity index (χ1v) is 5.16. The van der Waals surface area contributed by atoms with Crippen molar-refractivity contribution in [1.82, 2.24) is 0 Å². The fourth-order valence-corrected chi connectivity index (χ4v) is 1.47. The van der Waals surface area contributed by atoms with Gasteiger partial charge in [0.05, 0.1) is 0 Å². The number of hydrogen-bond acceptors (Lipinski definition) is 3. The van der Waals surface area contributed by atoms with Crippen molar-refractivity contribution in [2.45, 2.75) is 13.0 Å². The van der Waals surface area contributed by atoms with Crippen molar-refractivity contribution in [2.75, 3.05) is 0 Å². The van der Waals surface area contributed by atoms with Crippen LogP contribution in [0.3, 0.4) is 0 Å². The summed E-state index contributed by atoms with van der Waals surface area (Å²) in [7, 11) is -4.51. The Morgan fingerprint density at radius 3 is 2.64 bits per heavy atom. The molecule has 0 fully saturated rings. The third-order valence-corrected chi connectivity index (χ3v) is 2.12. The maximum absolute atomic E-state index is 12.7. The van der Waals surface area contributed by atoms with Gasteiger partial charge in [-0.05, 0) is 24.6 Å². The highest BCUT2D eigenvalue weighted by molar-refractivity contribution is 7.80. The van der Waals surface area contributed by atoms with E-state index < -0.39 is 22.3 Å². The number of benzene rings is 1. The van der Waals surface area contributed by atoms with E-state index in [0.29, 0.717) is 5.56 Å². The molecule has 0 saturated carbocycles. The summed E-state index contributed by atoms with van der Waals surface area (Å²) in [5, 5.41) is 0. The molecule has 0 spiro atoms. The third kappa shape index (κ3) is 3.41. The molecule has 0 amide bonds. The van der Waals surface area contributed by atoms with Gasteiger partial charge in [-0.25, -0.2) is 8.57 Å². The lowest BCUT2D eigenvalue weighted by Gasteiger charge is -2.09. The first-order valence-electron chi connectivity index (χ1n) is 3.79. The first-order chi connectivity index (χ1) is 6.38. The molecule has 0 aromatic heterocycles. The lowest BCUT2D eigenvalue weighted by atomic mass is 10.1. The molecule has 1 N–H and O–H groups in total. The van der Waals surface area contributed by atoms with Crippen molar-refractivity contribution in [3.8, 4) is 0 Å². The van der Waals surface area contributed by atoms with E-state index in [1.807, 2.05) is 0 Å². The highest BCUT2D eigenvalue weighted by Gasteiger charge is 2.14. The molecule has 4 nitrogen and oxygen atoms in total. The molecule has 6 heteroatoms. The Kier molecular flexibility index (Phi) is 3.20. The van der Waals surface area contributed by atoms with Crippen LogP contribution in [-0.2, 0) is 14.6 Å². The quantitative estimate of drug-likeness (QED) is 0.787. The summed E-state index contributed by atoms with van der Waals surface area (Å²) in [5.41, 5.74) is 0.336. The molecule has 1 rings (SSSR count). The Hall–Kier alpha value is -0.980. The van der Waals surface area contributed by atoms with Crippen LogP contribution in [0.4, 0.5) is 4.39 Å². The van der Waals surface area contributed by atoms with Crippen LogP contribution in [0.5, 0.6) is 0 Å². The predicted octanol–water partition coefficient (Wildman–Crippen LogP) is 1.71. The summed E-state index contributed by atoms with van der Waals surface area (Å²) in [6, 6.07) is 5.28. The minimum atomic E-state index is -4.51. The molecule has 0 aliphatic carbocycles. The minimum absolute atomic E-state index is 0.336. The van der Waals surface area contributed by atoms with Crippen molar-refractivity contribution in [3.63, 3.8) is 0 Å². The van der Waals surface area contributed by atoms with E-state index in [9.17, 15) is 12.8 Å². The molecular weight excluding hydrogens is 211 g/mol. The van der Waals surface area contributed by atoms with Gasteiger partial charge in [-0.15, -0.1) is 0 Å². The topological polar surface area (TPSA) is 63.6 Å². The number of rotatable bonds is 3. The van der Waals surface area contributed by atoms with E-state index in [1.54, 1.807) is 0 Å². The molecule has 1 aromatic rings. The van der Waals surface area contributed by atoms with Gasteiger partial charge in [0.15, 0.2) is 0 Å². The van der Waals surface area contributed by atoms with E-state index in [1.165, 1.54) is 25.1 Å². The highest BCUT2D eigenvalue weighted by Crippen LogP contribution is 2.18. The second kappa shape index (κ2) is 4.04. The van der Waals surface area contributed by atoms with Gasteiger partial charge in [0.25, 0.3) is 0 Å². The molecule has 0 aliphatic rings. The van der Waals surface area contributed by atoms with Crippen LogP contribution in [0.25, 0.3) is 0 Å². The smallest absolute Gasteiger partial charge is 0.264 e. The second-order valence-electron chi connectivity index (χ2n) is 2.72. The van der Waals surface area contributed by atoms with E-state index in [2.05, 4.69) is 4.18 Å². The largest absolute Gasteiger partial charge is 0.397 e. The molecule has 1 atom stereocenters. The average Bonchev–Trinajstić information content (AvgIpc) is 2.01. The summed E-state index contributed by atoms with van der Waals surface area (Å²) in [6.45, 7) is 1.39. The van der Waals surface area contributed by atoms with Crippen molar-refractivity contribution in [1.29, 1.82) is 0 Å². The molecule has 0 aliphatic heterocycles. The Labute approximate surface area is 81.3 Å². The van der Waals surface area contributed by atoms with Crippen molar-refractivity contribution < 1.29 is 21.5 Å². The van der Waals surface area contributed by atoms with E-state index >= 15 is 0 Å². The van der Waals surface area contributed by atoms with Gasteiger partial charge in [0.2, 0.25) is 0 Å². The van der Waals surface area contributed by atoms with Crippen LogP contribution < -0.4 is 0 Å². The Morgan fingerprint density at radius 2 is 2.14 bits per heavy atom. The van der Waals surface area contributed by atoms with Gasteiger partial charge in [0.1, 0.15) is 11.9 Å². The molecule has 0 bridgehead atoms. The maximum Gasteiger partial charge on any atom is 0.397 e. The predicted molar refractivity (Wildman–Crippen MR) is 47.4 cm³/mol. The fourth-order valence-electron chi connectivity index (χ4n) is 0.997. The van der Waals surface area contributed by atoms with Crippen molar-refractivity contribution in [3.05, 3.63) is 35.6 Å². The Bertz CT molecular complexity index is 415. The number of halogens is 1. The SMILES string of the molecule is C[C@H](OS(=O)(=O)O)c1cccc(F)c1. The van der Waals surface area contributed by atoms with Crippen LogP contribution in [0.1, 0.15) is 18.6 Å². The lowest BCUT2D eigenvalue weighted by Crippen LogP contribution is -2.08. The van der Waals surface area contributed by atoms with Gasteiger partial charge >= 0.3 is 10.4 Å². The molecule has 14 heavy (non-hydrogen) atoms. The standard InChI is InChI=1S/C8H9FO4S/c1-6(13-14(10,11)12)7-3-2-4-8(9)5-7/h2-6H,1H3,(H,10,11,12)/t6-/m0/s1. The van der Waals surface area contributed by atoms with Gasteiger partial charge in [0, 0.05) is 0 Å². The van der Waals surface area contributed by atoms with Gasteiger partial charge in [-0.2, -0.15) is 8.42 Å². The van der Waals surface area contributed by atoms with Crippen LogP contribution in [0, 0.1) is 5.82 Å². The van der Waals surface area contributed by atoms with Crippen LogP contribution >= 0.6 is 0 Å². The second-order valence-corrected chi connectivity index (χ2v) is 3.77. The van der Waals surface area contributed by atoms with Crippen molar-refractivity contribution >= 4 is 10.4 Å². The van der Waals surface area contributed by atoms with E-state index in [-0.39, 0.29) is 0 Å². The van der Waals surface area contributed by atoms with Gasteiger partial charge in [-0.1, -0.05) is 12.1 Å². The first kappa shape index (κ1) is 11.1. The van der Waals surface area contributed by atoms with E-state index in [0.717, 1.165) is 6.07 Å². The molecule has 78 valence electrons. The molecule has 0 radical (unpaired) electrons. The van der Waals surface area contributed by atoms with Gasteiger partial charge < -0.3 is 0 Å². The number of hydrogen-bond donors (Lipinski definition) is 1. The fraction of sp³-hybridized carbons (Fsp3) is 0.250.